The summed E-state index contributed by atoms with van der Waals surface area (Å²) in [6.45, 7) is 10.4. The molecule has 0 amide bonds. The van der Waals surface area contributed by atoms with Crippen molar-refractivity contribution in [3.05, 3.63) is 83.2 Å². The van der Waals surface area contributed by atoms with E-state index in [1.807, 2.05) is 39.8 Å². The van der Waals surface area contributed by atoms with Crippen LogP contribution in [0.3, 0.4) is 0 Å². The zero-order valence-electron chi connectivity index (χ0n) is 26.4. The number of rotatable bonds is 8. The van der Waals surface area contributed by atoms with Gasteiger partial charge in [0.1, 0.15) is 17.2 Å². The van der Waals surface area contributed by atoms with Gasteiger partial charge in [0.15, 0.2) is 0 Å². The Bertz CT molecular complexity index is 1660. The van der Waals surface area contributed by atoms with E-state index in [4.69, 9.17) is 9.47 Å². The Labute approximate surface area is 265 Å². The highest BCUT2D eigenvalue weighted by Gasteiger charge is 2.48. The molecule has 1 saturated carbocycles. The highest BCUT2D eigenvalue weighted by Crippen LogP contribution is 2.47. The second kappa shape index (κ2) is 12.0. The fraction of sp³-hybridized carbons (Fsp3) is 0.457. The van der Waals surface area contributed by atoms with Gasteiger partial charge >= 0.3 is 16.2 Å². The van der Waals surface area contributed by atoms with Crippen molar-refractivity contribution >= 4 is 21.9 Å². The van der Waals surface area contributed by atoms with Crippen molar-refractivity contribution in [1.82, 2.24) is 9.62 Å². The van der Waals surface area contributed by atoms with Crippen molar-refractivity contribution < 1.29 is 27.1 Å². The molecule has 0 unspecified atom stereocenters. The summed E-state index contributed by atoms with van der Waals surface area (Å²) < 4.78 is 56.2. The zero-order chi connectivity index (χ0) is 32.0. The molecule has 240 valence electrons. The molecular weight excluding hydrogens is 593 g/mol. The number of ether oxygens (including phenoxy) is 2. The Kier molecular flexibility index (Phi) is 8.43. The average molecular weight is 636 g/mol. The summed E-state index contributed by atoms with van der Waals surface area (Å²) in [4.78, 5) is 14.8. The minimum absolute atomic E-state index is 0.250. The molecule has 2 saturated heterocycles. The predicted octanol–water partition coefficient (Wildman–Crippen LogP) is 6.41. The van der Waals surface area contributed by atoms with Crippen molar-refractivity contribution in [3.63, 3.8) is 0 Å². The Morgan fingerprint density at radius 2 is 1.69 bits per heavy atom. The summed E-state index contributed by atoms with van der Waals surface area (Å²) in [5.41, 5.74) is 4.21. The van der Waals surface area contributed by atoms with Crippen molar-refractivity contribution in [3.8, 4) is 16.9 Å². The Balaban J connectivity index is 1.15. The van der Waals surface area contributed by atoms with E-state index in [0.29, 0.717) is 49.7 Å². The molecule has 3 aromatic rings. The molecule has 6 rings (SSSR count). The smallest absolute Gasteiger partial charge is 0.338 e. The first-order chi connectivity index (χ1) is 21.3. The van der Waals surface area contributed by atoms with Gasteiger partial charge in [0, 0.05) is 25.2 Å². The van der Waals surface area contributed by atoms with Crippen LogP contribution in [0.1, 0.15) is 80.8 Å². The first-order valence-electron chi connectivity index (χ1n) is 15.8. The zero-order valence-corrected chi connectivity index (χ0v) is 27.3. The molecule has 3 aliphatic rings. The Morgan fingerprint density at radius 3 is 2.29 bits per heavy atom. The summed E-state index contributed by atoms with van der Waals surface area (Å²) >= 11 is 0. The van der Waals surface area contributed by atoms with Crippen LogP contribution in [-0.4, -0.2) is 56.7 Å². The summed E-state index contributed by atoms with van der Waals surface area (Å²) in [6, 6.07) is 17.6. The number of nitrogens with zero attached hydrogens (tertiary/aromatic N) is 2. The summed E-state index contributed by atoms with van der Waals surface area (Å²) in [6.07, 6.45) is 3.64. The molecule has 1 spiro atoms. The molecule has 45 heavy (non-hydrogen) atoms. The molecule has 2 heterocycles. The van der Waals surface area contributed by atoms with Gasteiger partial charge in [-0.25, -0.2) is 9.18 Å². The fourth-order valence-corrected chi connectivity index (χ4v) is 8.10. The van der Waals surface area contributed by atoms with E-state index in [1.54, 1.807) is 24.3 Å². The molecule has 1 aliphatic carbocycles. The average Bonchev–Trinajstić information content (AvgIpc) is 3.79. The topological polar surface area (TPSA) is 88.2 Å². The van der Waals surface area contributed by atoms with Crippen molar-refractivity contribution in [2.24, 2.45) is 0 Å². The molecule has 8 nitrogen and oxygen atoms in total. The fourth-order valence-electron chi connectivity index (χ4n) is 6.36. The van der Waals surface area contributed by atoms with Crippen LogP contribution in [0.25, 0.3) is 11.1 Å². The lowest BCUT2D eigenvalue weighted by Gasteiger charge is -2.38. The highest BCUT2D eigenvalue weighted by atomic mass is 32.2. The third-order valence-electron chi connectivity index (χ3n) is 8.78. The molecule has 0 radical (unpaired) electrons. The molecule has 2 aliphatic heterocycles. The normalized spacial score (nSPS) is 19.5. The predicted molar refractivity (Wildman–Crippen MR) is 173 cm³/mol. The number of hydrogen-bond acceptors (Lipinski definition) is 6. The quantitative estimate of drug-likeness (QED) is 0.288. The van der Waals surface area contributed by atoms with Gasteiger partial charge in [-0.15, -0.1) is 0 Å². The van der Waals surface area contributed by atoms with Crippen molar-refractivity contribution in [2.45, 2.75) is 77.0 Å². The molecule has 0 aromatic heterocycles. The maximum atomic E-state index is 13.7. The number of likely N-dealkylation sites (tertiary alicyclic amines) is 1. The Hall–Kier alpha value is -3.47. The lowest BCUT2D eigenvalue weighted by molar-refractivity contribution is 0.00695. The number of hydrogen-bond donors (Lipinski definition) is 1. The lowest BCUT2D eigenvalue weighted by atomic mass is 9.88. The van der Waals surface area contributed by atoms with E-state index in [0.717, 1.165) is 48.4 Å². The van der Waals surface area contributed by atoms with Gasteiger partial charge in [0.05, 0.1) is 29.9 Å². The van der Waals surface area contributed by atoms with Crippen LogP contribution in [-0.2, 0) is 21.5 Å². The second-order valence-electron chi connectivity index (χ2n) is 13.5. The molecule has 0 atom stereocenters. The van der Waals surface area contributed by atoms with Gasteiger partial charge in [-0.2, -0.15) is 13.1 Å². The largest absolute Gasteiger partial charge is 0.494 e. The number of nitrogens with one attached hydrogen (secondary N) is 1. The SMILES string of the molecule is CCOc1cc(-c2ccc(F)cc2)c(C2CC2)cc1CN1CCC2(CC1)CN(c1ccc(C(=O)OC(C)(C)C)cc1)S(=O)(=O)N2. The van der Waals surface area contributed by atoms with E-state index in [-0.39, 0.29) is 5.82 Å². The number of carbonyl (C=O) groups excluding carboxylic acids is 1. The maximum absolute atomic E-state index is 13.7. The summed E-state index contributed by atoms with van der Waals surface area (Å²) in [5.74, 6) is 0.646. The van der Waals surface area contributed by atoms with Crippen LogP contribution in [0.15, 0.2) is 60.7 Å². The molecular formula is C35H42FN3O5S. The number of piperidine rings is 1. The highest BCUT2D eigenvalue weighted by molar-refractivity contribution is 7.91. The van der Waals surface area contributed by atoms with Gasteiger partial charge in [-0.3, -0.25) is 9.21 Å². The monoisotopic (exact) mass is 635 g/mol. The van der Waals surface area contributed by atoms with Crippen LogP contribution >= 0.6 is 0 Å². The van der Waals surface area contributed by atoms with Crippen LogP contribution in [0.2, 0.25) is 0 Å². The van der Waals surface area contributed by atoms with Crippen LogP contribution in [0.4, 0.5) is 10.1 Å². The van der Waals surface area contributed by atoms with Crippen LogP contribution < -0.4 is 13.8 Å². The number of benzene rings is 3. The van der Waals surface area contributed by atoms with Gasteiger partial charge in [-0.1, -0.05) is 12.1 Å². The maximum Gasteiger partial charge on any atom is 0.338 e. The number of halogens is 1. The van der Waals surface area contributed by atoms with Gasteiger partial charge < -0.3 is 9.47 Å². The first-order valence-corrected chi connectivity index (χ1v) is 17.2. The molecule has 3 fully saturated rings. The number of carbonyl (C=O) groups is 1. The lowest BCUT2D eigenvalue weighted by Crippen LogP contribution is -2.52. The van der Waals surface area contributed by atoms with Crippen molar-refractivity contribution in [1.29, 1.82) is 0 Å². The molecule has 0 bridgehead atoms. The minimum atomic E-state index is -3.74. The van der Waals surface area contributed by atoms with E-state index in [1.165, 1.54) is 22.0 Å². The molecule has 1 N–H and O–H groups in total. The number of esters is 1. The molecule has 10 heteroatoms. The standard InChI is InChI=1S/C35H42FN3O5S/c1-5-43-32-21-31(25-8-12-28(36)13-9-25)30(24-6-7-24)20-27(32)22-38-18-16-35(17-19-38)23-39(45(41,42)37-35)29-14-10-26(11-15-29)33(40)44-34(2,3)4/h8-15,20-21,24,37H,5-7,16-19,22-23H2,1-4H3. The van der Waals surface area contributed by atoms with Crippen LogP contribution in [0, 0.1) is 5.82 Å². The number of anilines is 1. The third-order valence-corrected chi connectivity index (χ3v) is 10.4. The second-order valence-corrected chi connectivity index (χ2v) is 15.1. The summed E-state index contributed by atoms with van der Waals surface area (Å²) in [7, 11) is -3.74. The van der Waals surface area contributed by atoms with Gasteiger partial charge in [0.2, 0.25) is 0 Å². The van der Waals surface area contributed by atoms with E-state index in [2.05, 4.69) is 21.8 Å². The van der Waals surface area contributed by atoms with Gasteiger partial charge in [-0.05, 0) is 125 Å². The van der Waals surface area contributed by atoms with E-state index < -0.39 is 27.3 Å². The first kappa shape index (κ1) is 31.5. The molecule has 3 aromatic carbocycles. The Morgan fingerprint density at radius 1 is 1.02 bits per heavy atom. The van der Waals surface area contributed by atoms with Crippen LogP contribution in [0.5, 0.6) is 5.75 Å². The third kappa shape index (κ3) is 7.03. The van der Waals surface area contributed by atoms with Crippen molar-refractivity contribution in [2.75, 3.05) is 30.5 Å². The summed E-state index contributed by atoms with van der Waals surface area (Å²) in [5, 5.41) is 0. The van der Waals surface area contributed by atoms with E-state index >= 15 is 0 Å². The van der Waals surface area contributed by atoms with Gasteiger partial charge in [0.25, 0.3) is 0 Å². The minimum Gasteiger partial charge on any atom is -0.494 e. The van der Waals surface area contributed by atoms with E-state index in [9.17, 15) is 17.6 Å².